The number of likely N-dealkylation sites (tertiary alicyclic amines) is 1. The lowest BCUT2D eigenvalue weighted by Crippen LogP contribution is -2.54. The molecule has 0 aromatic heterocycles. The van der Waals surface area contributed by atoms with Crippen molar-refractivity contribution in [2.45, 2.75) is 45.6 Å². The van der Waals surface area contributed by atoms with Crippen LogP contribution in [0, 0.1) is 0 Å². The molecule has 3 rings (SSSR count). The van der Waals surface area contributed by atoms with Crippen molar-refractivity contribution in [1.82, 2.24) is 14.7 Å². The number of para-hydroxylation sites is 1. The Morgan fingerprint density at radius 3 is 2.20 bits per heavy atom. The zero-order valence-electron chi connectivity index (χ0n) is 18.2. The molecule has 1 aromatic rings. The summed E-state index contributed by atoms with van der Waals surface area (Å²) in [6.07, 6.45) is 4.66. The van der Waals surface area contributed by atoms with Gasteiger partial charge in [0.25, 0.3) is 0 Å². The summed E-state index contributed by atoms with van der Waals surface area (Å²) in [4.78, 5) is 43.5. The van der Waals surface area contributed by atoms with Crippen molar-refractivity contribution in [2.24, 2.45) is 0 Å². The SMILES string of the molecule is CC(=O)c1ccccc1NC(=O)C(C)N1CCN(CC(=O)N2CCCCCC2)CC1. The highest BCUT2D eigenvalue weighted by Gasteiger charge is 2.27. The van der Waals surface area contributed by atoms with Crippen LogP contribution in [-0.2, 0) is 9.59 Å². The van der Waals surface area contributed by atoms with Gasteiger partial charge in [-0.25, -0.2) is 0 Å². The summed E-state index contributed by atoms with van der Waals surface area (Å²) in [7, 11) is 0. The number of hydrogen-bond donors (Lipinski definition) is 1. The molecule has 7 nitrogen and oxygen atoms in total. The van der Waals surface area contributed by atoms with Crippen molar-refractivity contribution in [3.05, 3.63) is 29.8 Å². The lowest BCUT2D eigenvalue weighted by atomic mass is 10.1. The Morgan fingerprint density at radius 1 is 0.933 bits per heavy atom. The molecule has 30 heavy (non-hydrogen) atoms. The van der Waals surface area contributed by atoms with Gasteiger partial charge in [-0.2, -0.15) is 0 Å². The monoisotopic (exact) mass is 414 g/mol. The molecular formula is C23H34N4O3. The third-order valence-electron chi connectivity index (χ3n) is 6.22. The van der Waals surface area contributed by atoms with Gasteiger partial charge in [-0.3, -0.25) is 24.2 Å². The van der Waals surface area contributed by atoms with Gasteiger partial charge in [0.1, 0.15) is 0 Å². The summed E-state index contributed by atoms with van der Waals surface area (Å²) in [5, 5.41) is 2.91. The van der Waals surface area contributed by atoms with E-state index in [0.29, 0.717) is 17.8 Å². The first-order valence-electron chi connectivity index (χ1n) is 11.1. The number of anilines is 1. The fraction of sp³-hybridized carbons (Fsp3) is 0.609. The standard InChI is InChI=1S/C23H34N4O3/c1-18(23(30)24-21-10-6-5-9-20(21)19(2)28)26-15-13-25(14-16-26)17-22(29)27-11-7-3-4-8-12-27/h5-6,9-10,18H,3-4,7-8,11-17H2,1-2H3,(H,24,30). The fourth-order valence-corrected chi connectivity index (χ4v) is 4.22. The van der Waals surface area contributed by atoms with Crippen LogP contribution in [0.25, 0.3) is 0 Å². The van der Waals surface area contributed by atoms with E-state index in [-0.39, 0.29) is 23.6 Å². The van der Waals surface area contributed by atoms with Gasteiger partial charge in [-0.15, -0.1) is 0 Å². The highest BCUT2D eigenvalue weighted by molar-refractivity contribution is 6.04. The van der Waals surface area contributed by atoms with E-state index in [1.165, 1.54) is 19.8 Å². The van der Waals surface area contributed by atoms with Gasteiger partial charge in [0.15, 0.2) is 5.78 Å². The Hall–Kier alpha value is -2.25. The number of carbonyl (C=O) groups excluding carboxylic acids is 3. The maximum absolute atomic E-state index is 12.7. The van der Waals surface area contributed by atoms with Gasteiger partial charge >= 0.3 is 0 Å². The van der Waals surface area contributed by atoms with Crippen LogP contribution in [0.4, 0.5) is 5.69 Å². The normalized spacial score (nSPS) is 19.7. The number of hydrogen-bond acceptors (Lipinski definition) is 5. The summed E-state index contributed by atoms with van der Waals surface area (Å²) >= 11 is 0. The molecule has 164 valence electrons. The van der Waals surface area contributed by atoms with Crippen molar-refractivity contribution in [2.75, 3.05) is 51.1 Å². The number of ketones is 1. The van der Waals surface area contributed by atoms with E-state index < -0.39 is 0 Å². The highest BCUT2D eigenvalue weighted by Crippen LogP contribution is 2.17. The molecule has 0 bridgehead atoms. The number of Topliss-reactive ketones (excluding diaryl/α,β-unsaturated/α-hetero) is 1. The van der Waals surface area contributed by atoms with Crippen molar-refractivity contribution >= 4 is 23.3 Å². The van der Waals surface area contributed by atoms with Gasteiger partial charge in [0, 0.05) is 44.8 Å². The lowest BCUT2D eigenvalue weighted by Gasteiger charge is -2.37. The molecule has 1 unspecified atom stereocenters. The summed E-state index contributed by atoms with van der Waals surface area (Å²) in [5.41, 5.74) is 1.08. The van der Waals surface area contributed by atoms with E-state index in [2.05, 4.69) is 15.1 Å². The largest absolute Gasteiger partial charge is 0.342 e. The van der Waals surface area contributed by atoms with Gasteiger partial charge < -0.3 is 10.2 Å². The van der Waals surface area contributed by atoms with Gasteiger partial charge in [-0.1, -0.05) is 25.0 Å². The van der Waals surface area contributed by atoms with E-state index in [1.807, 2.05) is 17.9 Å². The quantitative estimate of drug-likeness (QED) is 0.723. The average Bonchev–Trinajstić information content (AvgIpc) is 3.03. The van der Waals surface area contributed by atoms with Gasteiger partial charge in [0.05, 0.1) is 18.3 Å². The number of amides is 2. The maximum atomic E-state index is 12.7. The minimum Gasteiger partial charge on any atom is -0.342 e. The average molecular weight is 415 g/mol. The second kappa shape index (κ2) is 10.7. The molecule has 1 aromatic carbocycles. The first-order valence-corrected chi connectivity index (χ1v) is 11.1. The first-order chi connectivity index (χ1) is 14.5. The Bertz CT molecular complexity index is 751. The maximum Gasteiger partial charge on any atom is 0.241 e. The second-order valence-corrected chi connectivity index (χ2v) is 8.37. The fourth-order valence-electron chi connectivity index (χ4n) is 4.22. The highest BCUT2D eigenvalue weighted by atomic mass is 16.2. The third kappa shape index (κ3) is 5.89. The Morgan fingerprint density at radius 2 is 1.57 bits per heavy atom. The molecule has 7 heteroatoms. The molecule has 2 saturated heterocycles. The van der Waals surface area contributed by atoms with Crippen molar-refractivity contribution in [3.63, 3.8) is 0 Å². The summed E-state index contributed by atoms with van der Waals surface area (Å²) < 4.78 is 0. The molecule has 2 amide bonds. The molecule has 0 spiro atoms. The predicted octanol–water partition coefficient (Wildman–Crippen LogP) is 2.24. The molecule has 2 heterocycles. The summed E-state index contributed by atoms with van der Waals surface area (Å²) in [6.45, 7) is 8.69. The number of carbonyl (C=O) groups is 3. The van der Waals surface area contributed by atoms with E-state index in [9.17, 15) is 14.4 Å². The number of benzene rings is 1. The van der Waals surface area contributed by atoms with Gasteiger partial charge in [0.2, 0.25) is 11.8 Å². The summed E-state index contributed by atoms with van der Waals surface area (Å²) in [6, 6.07) is 6.79. The third-order valence-corrected chi connectivity index (χ3v) is 6.22. The zero-order valence-corrected chi connectivity index (χ0v) is 18.2. The molecule has 0 saturated carbocycles. The second-order valence-electron chi connectivity index (χ2n) is 8.37. The molecular weight excluding hydrogens is 380 g/mol. The smallest absolute Gasteiger partial charge is 0.241 e. The Balaban J connectivity index is 1.48. The van der Waals surface area contributed by atoms with E-state index in [1.54, 1.807) is 18.2 Å². The minimum atomic E-state index is -0.298. The molecule has 0 aliphatic carbocycles. The zero-order chi connectivity index (χ0) is 21.5. The number of nitrogens with zero attached hydrogens (tertiary/aromatic N) is 3. The van der Waals surface area contributed by atoms with Gasteiger partial charge in [-0.05, 0) is 38.8 Å². The molecule has 1 N–H and O–H groups in total. The van der Waals surface area contributed by atoms with E-state index >= 15 is 0 Å². The molecule has 2 aliphatic heterocycles. The first kappa shape index (κ1) is 22.4. The number of rotatable bonds is 6. The van der Waals surface area contributed by atoms with E-state index in [4.69, 9.17) is 0 Å². The van der Waals surface area contributed by atoms with Crippen molar-refractivity contribution < 1.29 is 14.4 Å². The lowest BCUT2D eigenvalue weighted by molar-refractivity contribution is -0.133. The molecule has 0 radical (unpaired) electrons. The van der Waals surface area contributed by atoms with Crippen LogP contribution in [0.5, 0.6) is 0 Å². The topological polar surface area (TPSA) is 73.0 Å². The van der Waals surface area contributed by atoms with Crippen molar-refractivity contribution in [3.8, 4) is 0 Å². The van der Waals surface area contributed by atoms with Crippen molar-refractivity contribution in [1.29, 1.82) is 0 Å². The summed E-state index contributed by atoms with van der Waals surface area (Å²) in [5.74, 6) is 0.0519. The Kier molecular flexibility index (Phi) is 7.99. The predicted molar refractivity (Wildman–Crippen MR) is 118 cm³/mol. The molecule has 2 aliphatic rings. The van der Waals surface area contributed by atoms with Crippen LogP contribution < -0.4 is 5.32 Å². The van der Waals surface area contributed by atoms with E-state index in [0.717, 1.165) is 52.1 Å². The minimum absolute atomic E-state index is 0.0683. The van der Waals surface area contributed by atoms with Crippen LogP contribution in [0.1, 0.15) is 49.9 Å². The number of nitrogens with one attached hydrogen (secondary N) is 1. The van der Waals surface area contributed by atoms with Crippen LogP contribution in [-0.4, -0.2) is 84.2 Å². The number of piperazine rings is 1. The molecule has 2 fully saturated rings. The van der Waals surface area contributed by atoms with Crippen LogP contribution in [0.2, 0.25) is 0 Å². The van der Waals surface area contributed by atoms with Crippen LogP contribution in [0.15, 0.2) is 24.3 Å². The molecule has 1 atom stereocenters. The van der Waals surface area contributed by atoms with Crippen LogP contribution in [0.3, 0.4) is 0 Å². The Labute approximate surface area is 179 Å². The van der Waals surface area contributed by atoms with Crippen LogP contribution >= 0.6 is 0 Å².